The van der Waals surface area contributed by atoms with Gasteiger partial charge >= 0.3 is 6.09 Å². The summed E-state index contributed by atoms with van der Waals surface area (Å²) < 4.78 is 5.12. The second-order valence-electron chi connectivity index (χ2n) is 4.79. The second kappa shape index (κ2) is 5.53. The molecule has 2 amide bonds. The molecule has 98 valence electrons. The van der Waals surface area contributed by atoms with Crippen molar-refractivity contribution in [1.29, 1.82) is 0 Å². The summed E-state index contributed by atoms with van der Waals surface area (Å²) in [6.45, 7) is 5.36. The van der Waals surface area contributed by atoms with E-state index < -0.39 is 11.7 Å². The van der Waals surface area contributed by atoms with Crippen LogP contribution in [-0.4, -0.2) is 24.6 Å². The van der Waals surface area contributed by atoms with E-state index in [1.807, 2.05) is 0 Å². The number of nitrogens with one attached hydrogen (secondary N) is 2. The van der Waals surface area contributed by atoms with Gasteiger partial charge in [0.15, 0.2) is 0 Å². The molecule has 0 radical (unpaired) electrons. The van der Waals surface area contributed by atoms with Crippen LogP contribution >= 0.6 is 0 Å². The predicted octanol–water partition coefficient (Wildman–Crippen LogP) is 2.39. The predicted molar refractivity (Wildman–Crippen MR) is 69.7 cm³/mol. The monoisotopic (exact) mass is 250 g/mol. The molecule has 5 heteroatoms. The largest absolute Gasteiger partial charge is 0.444 e. The van der Waals surface area contributed by atoms with E-state index in [1.54, 1.807) is 52.1 Å². The highest BCUT2D eigenvalue weighted by Gasteiger charge is 2.16. The number of amides is 2. The van der Waals surface area contributed by atoms with Gasteiger partial charge in [-0.1, -0.05) is 6.07 Å². The van der Waals surface area contributed by atoms with Crippen molar-refractivity contribution in [2.24, 2.45) is 0 Å². The maximum Gasteiger partial charge on any atom is 0.412 e. The highest BCUT2D eigenvalue weighted by molar-refractivity contribution is 5.96. The van der Waals surface area contributed by atoms with Gasteiger partial charge in [-0.25, -0.2) is 4.79 Å². The van der Waals surface area contributed by atoms with E-state index in [0.717, 1.165) is 0 Å². The van der Waals surface area contributed by atoms with Crippen LogP contribution in [0, 0.1) is 0 Å². The maximum absolute atomic E-state index is 11.5. The van der Waals surface area contributed by atoms with E-state index in [-0.39, 0.29) is 5.91 Å². The molecular formula is C13H18N2O3. The molecular weight excluding hydrogens is 232 g/mol. The Morgan fingerprint density at radius 3 is 2.44 bits per heavy atom. The van der Waals surface area contributed by atoms with Crippen LogP contribution in [0.15, 0.2) is 24.3 Å². The van der Waals surface area contributed by atoms with Gasteiger partial charge in [-0.3, -0.25) is 10.1 Å². The zero-order valence-electron chi connectivity index (χ0n) is 11.0. The lowest BCUT2D eigenvalue weighted by Gasteiger charge is -2.19. The van der Waals surface area contributed by atoms with Crippen molar-refractivity contribution in [2.45, 2.75) is 26.4 Å². The first kappa shape index (κ1) is 14.0. The fourth-order valence-corrected chi connectivity index (χ4v) is 1.30. The maximum atomic E-state index is 11.5. The molecule has 0 aliphatic heterocycles. The fraction of sp³-hybridized carbons (Fsp3) is 0.385. The first-order valence-corrected chi connectivity index (χ1v) is 5.64. The van der Waals surface area contributed by atoms with Gasteiger partial charge in [-0.2, -0.15) is 0 Å². The number of rotatable bonds is 2. The van der Waals surface area contributed by atoms with E-state index >= 15 is 0 Å². The number of anilines is 1. The summed E-state index contributed by atoms with van der Waals surface area (Å²) >= 11 is 0. The molecule has 0 unspecified atom stereocenters. The van der Waals surface area contributed by atoms with Crippen LogP contribution in [-0.2, 0) is 4.74 Å². The number of benzene rings is 1. The molecule has 5 nitrogen and oxygen atoms in total. The van der Waals surface area contributed by atoms with Crippen LogP contribution in [0.5, 0.6) is 0 Å². The van der Waals surface area contributed by atoms with Crippen LogP contribution in [0.4, 0.5) is 10.5 Å². The Morgan fingerprint density at radius 2 is 1.89 bits per heavy atom. The Bertz CT molecular complexity index is 450. The van der Waals surface area contributed by atoms with Gasteiger partial charge in [0.2, 0.25) is 0 Å². The lowest BCUT2D eigenvalue weighted by Crippen LogP contribution is -2.27. The van der Waals surface area contributed by atoms with Crippen molar-refractivity contribution in [3.8, 4) is 0 Å². The number of hydrogen-bond acceptors (Lipinski definition) is 3. The molecule has 1 aromatic rings. The van der Waals surface area contributed by atoms with Crippen molar-refractivity contribution in [1.82, 2.24) is 5.32 Å². The highest BCUT2D eigenvalue weighted by Crippen LogP contribution is 2.13. The third-order valence-corrected chi connectivity index (χ3v) is 2.00. The lowest BCUT2D eigenvalue weighted by atomic mass is 10.2. The Hall–Kier alpha value is -2.04. The van der Waals surface area contributed by atoms with Crippen LogP contribution in [0.1, 0.15) is 31.1 Å². The van der Waals surface area contributed by atoms with E-state index in [9.17, 15) is 9.59 Å². The summed E-state index contributed by atoms with van der Waals surface area (Å²) in [5.74, 6) is -0.206. The topological polar surface area (TPSA) is 67.4 Å². The summed E-state index contributed by atoms with van der Waals surface area (Å²) in [5, 5.41) is 5.09. The summed E-state index contributed by atoms with van der Waals surface area (Å²) in [4.78, 5) is 23.0. The molecule has 0 bridgehead atoms. The van der Waals surface area contributed by atoms with E-state index in [2.05, 4.69) is 10.6 Å². The molecule has 1 aromatic carbocycles. The molecule has 0 aliphatic carbocycles. The minimum atomic E-state index is -0.553. The smallest absolute Gasteiger partial charge is 0.412 e. The third kappa shape index (κ3) is 4.45. The Morgan fingerprint density at radius 1 is 1.22 bits per heavy atom. The average Bonchev–Trinajstić information content (AvgIpc) is 2.25. The summed E-state index contributed by atoms with van der Waals surface area (Å²) in [7, 11) is 1.55. The van der Waals surface area contributed by atoms with E-state index in [4.69, 9.17) is 4.74 Å². The van der Waals surface area contributed by atoms with Crippen molar-refractivity contribution in [3.05, 3.63) is 29.8 Å². The molecule has 0 aromatic heterocycles. The SMILES string of the molecule is CNC(=O)c1cccc(NC(=O)OC(C)(C)C)c1. The van der Waals surface area contributed by atoms with Gasteiger partial charge in [0, 0.05) is 18.3 Å². The standard InChI is InChI=1S/C13H18N2O3/c1-13(2,3)18-12(17)15-10-7-5-6-9(8-10)11(16)14-4/h5-8H,1-4H3,(H,14,16)(H,15,17). The first-order valence-electron chi connectivity index (χ1n) is 5.64. The van der Waals surface area contributed by atoms with Crippen LogP contribution in [0.2, 0.25) is 0 Å². The van der Waals surface area contributed by atoms with Crippen molar-refractivity contribution >= 4 is 17.7 Å². The minimum absolute atomic E-state index is 0.206. The van der Waals surface area contributed by atoms with E-state index in [1.165, 1.54) is 0 Å². The molecule has 0 saturated heterocycles. The number of hydrogen-bond donors (Lipinski definition) is 2. The van der Waals surface area contributed by atoms with Crippen molar-refractivity contribution in [2.75, 3.05) is 12.4 Å². The van der Waals surface area contributed by atoms with Crippen LogP contribution in [0.3, 0.4) is 0 Å². The van der Waals surface area contributed by atoms with Gasteiger partial charge in [0.05, 0.1) is 0 Å². The molecule has 18 heavy (non-hydrogen) atoms. The molecule has 0 saturated carbocycles. The molecule has 0 heterocycles. The van der Waals surface area contributed by atoms with Crippen molar-refractivity contribution < 1.29 is 14.3 Å². The number of ether oxygens (including phenoxy) is 1. The quantitative estimate of drug-likeness (QED) is 0.846. The average molecular weight is 250 g/mol. The van der Waals surface area contributed by atoms with Gasteiger partial charge < -0.3 is 10.1 Å². The normalized spacial score (nSPS) is 10.7. The van der Waals surface area contributed by atoms with E-state index in [0.29, 0.717) is 11.3 Å². The molecule has 0 aliphatic rings. The second-order valence-corrected chi connectivity index (χ2v) is 4.79. The van der Waals surface area contributed by atoms with Gasteiger partial charge in [-0.15, -0.1) is 0 Å². The summed E-state index contributed by atoms with van der Waals surface area (Å²) in [5.41, 5.74) is 0.444. The number of carbonyl (C=O) groups is 2. The van der Waals surface area contributed by atoms with Gasteiger partial charge in [0.25, 0.3) is 5.91 Å². The molecule has 0 fully saturated rings. The molecule has 1 rings (SSSR count). The molecule has 0 spiro atoms. The zero-order valence-corrected chi connectivity index (χ0v) is 11.0. The number of carbonyl (C=O) groups excluding carboxylic acids is 2. The summed E-state index contributed by atoms with van der Waals surface area (Å²) in [6.07, 6.45) is -0.545. The lowest BCUT2D eigenvalue weighted by molar-refractivity contribution is 0.0635. The molecule has 2 N–H and O–H groups in total. The van der Waals surface area contributed by atoms with Gasteiger partial charge in [0.1, 0.15) is 5.60 Å². The zero-order chi connectivity index (χ0) is 13.8. The Kier molecular flexibility index (Phi) is 4.31. The van der Waals surface area contributed by atoms with Crippen LogP contribution < -0.4 is 10.6 Å². The summed E-state index contributed by atoms with van der Waals surface area (Å²) in [6, 6.07) is 6.63. The fourth-order valence-electron chi connectivity index (χ4n) is 1.30. The highest BCUT2D eigenvalue weighted by atomic mass is 16.6. The van der Waals surface area contributed by atoms with Crippen molar-refractivity contribution in [3.63, 3.8) is 0 Å². The Labute approximate surface area is 107 Å². The van der Waals surface area contributed by atoms with Gasteiger partial charge in [-0.05, 0) is 39.0 Å². The Balaban J connectivity index is 2.74. The first-order chi connectivity index (χ1) is 8.31. The van der Waals surface area contributed by atoms with Crippen LogP contribution in [0.25, 0.3) is 0 Å². The minimum Gasteiger partial charge on any atom is -0.444 e. The third-order valence-electron chi connectivity index (χ3n) is 2.00. The molecule has 0 atom stereocenters.